The number of para-hydroxylation sites is 1. The first-order chi connectivity index (χ1) is 8.93. The van der Waals surface area contributed by atoms with Gasteiger partial charge in [-0.25, -0.2) is 0 Å². The molecule has 0 aliphatic carbocycles. The highest BCUT2D eigenvalue weighted by Gasteiger charge is 2.11. The van der Waals surface area contributed by atoms with Gasteiger partial charge in [0.2, 0.25) is 0 Å². The van der Waals surface area contributed by atoms with Gasteiger partial charge < -0.3 is 10.3 Å². The van der Waals surface area contributed by atoms with Crippen molar-refractivity contribution in [3.05, 3.63) is 60.3 Å². The van der Waals surface area contributed by atoms with E-state index in [1.165, 1.54) is 33.1 Å². The first-order valence-corrected chi connectivity index (χ1v) is 6.07. The predicted molar refractivity (Wildman–Crippen MR) is 77.6 cm³/mol. The summed E-state index contributed by atoms with van der Waals surface area (Å²) in [6.07, 6.45) is 8.18. The summed E-state index contributed by atoms with van der Waals surface area (Å²) in [5.74, 6) is 0. The second-order valence-electron chi connectivity index (χ2n) is 4.49. The molecule has 2 N–H and O–H groups in total. The van der Waals surface area contributed by atoms with Crippen LogP contribution in [-0.4, -0.2) is 4.98 Å². The molecule has 1 aliphatic heterocycles. The van der Waals surface area contributed by atoms with Gasteiger partial charge in [-0.1, -0.05) is 36.4 Å². The second kappa shape index (κ2) is 3.50. The summed E-state index contributed by atoms with van der Waals surface area (Å²) in [5.41, 5.74) is 4.75. The van der Waals surface area contributed by atoms with Crippen LogP contribution in [0.1, 0.15) is 5.56 Å². The van der Waals surface area contributed by atoms with Crippen molar-refractivity contribution in [1.29, 1.82) is 0 Å². The molecule has 1 aromatic heterocycles. The number of rotatable bonds is 0. The Morgan fingerprint density at radius 1 is 0.833 bits per heavy atom. The molecule has 0 saturated heterocycles. The number of hydrogen-bond donors (Lipinski definition) is 2. The van der Waals surface area contributed by atoms with Gasteiger partial charge in [-0.3, -0.25) is 0 Å². The van der Waals surface area contributed by atoms with E-state index in [2.05, 4.69) is 58.9 Å². The Morgan fingerprint density at radius 2 is 1.78 bits per heavy atom. The molecule has 0 amide bonds. The van der Waals surface area contributed by atoms with Gasteiger partial charge >= 0.3 is 0 Å². The minimum Gasteiger partial charge on any atom is -0.361 e. The second-order valence-corrected chi connectivity index (χ2v) is 4.49. The number of nitrogens with one attached hydrogen (secondary N) is 2. The van der Waals surface area contributed by atoms with Gasteiger partial charge in [0.15, 0.2) is 0 Å². The van der Waals surface area contributed by atoms with Crippen LogP contribution in [0.25, 0.3) is 27.9 Å². The fourth-order valence-corrected chi connectivity index (χ4v) is 2.60. The average Bonchev–Trinajstić information content (AvgIpc) is 2.61. The molecule has 2 aromatic carbocycles. The Kier molecular flexibility index (Phi) is 1.86. The molecular formula is C16H12N2. The van der Waals surface area contributed by atoms with E-state index in [1.54, 1.807) is 0 Å². The molecule has 0 fully saturated rings. The molecule has 18 heavy (non-hydrogen) atoms. The largest absolute Gasteiger partial charge is 0.361 e. The summed E-state index contributed by atoms with van der Waals surface area (Å²) in [6.45, 7) is 0. The van der Waals surface area contributed by atoms with Gasteiger partial charge in [0.1, 0.15) is 0 Å². The van der Waals surface area contributed by atoms with Crippen LogP contribution in [0.5, 0.6) is 0 Å². The lowest BCUT2D eigenvalue weighted by molar-refractivity contribution is 1.54. The lowest BCUT2D eigenvalue weighted by Gasteiger charge is -2.07. The smallest absolute Gasteiger partial charge is 0.0554 e. The van der Waals surface area contributed by atoms with Crippen LogP contribution >= 0.6 is 0 Å². The highest BCUT2D eigenvalue weighted by Crippen LogP contribution is 2.35. The van der Waals surface area contributed by atoms with E-state index in [9.17, 15) is 0 Å². The van der Waals surface area contributed by atoms with E-state index < -0.39 is 0 Å². The van der Waals surface area contributed by atoms with Gasteiger partial charge in [-0.2, -0.15) is 0 Å². The number of fused-ring (bicyclic) bond motifs is 5. The lowest BCUT2D eigenvalue weighted by Crippen LogP contribution is -1.90. The molecule has 0 unspecified atom stereocenters. The molecule has 4 rings (SSSR count). The van der Waals surface area contributed by atoms with Crippen molar-refractivity contribution in [2.45, 2.75) is 0 Å². The number of hydrogen-bond acceptors (Lipinski definition) is 1. The molecule has 2 heteroatoms. The summed E-state index contributed by atoms with van der Waals surface area (Å²) < 4.78 is 0. The number of anilines is 1. The summed E-state index contributed by atoms with van der Waals surface area (Å²) in [5, 5.41) is 5.91. The van der Waals surface area contributed by atoms with Crippen molar-refractivity contribution in [3.63, 3.8) is 0 Å². The van der Waals surface area contributed by atoms with Crippen LogP contribution in [-0.2, 0) is 0 Å². The molecule has 0 spiro atoms. The number of H-pyrrole nitrogens is 1. The van der Waals surface area contributed by atoms with Gasteiger partial charge in [0, 0.05) is 28.0 Å². The molecule has 86 valence electrons. The maximum absolute atomic E-state index is 3.46. The van der Waals surface area contributed by atoms with Crippen LogP contribution in [0.15, 0.2) is 54.8 Å². The Balaban J connectivity index is 2.21. The van der Waals surface area contributed by atoms with E-state index >= 15 is 0 Å². The molecule has 0 atom stereocenters. The lowest BCUT2D eigenvalue weighted by atomic mass is 10.1. The van der Waals surface area contributed by atoms with E-state index in [1.807, 2.05) is 12.3 Å². The molecule has 0 bridgehead atoms. The van der Waals surface area contributed by atoms with Crippen molar-refractivity contribution >= 4 is 33.6 Å². The fourth-order valence-electron chi connectivity index (χ4n) is 2.60. The maximum Gasteiger partial charge on any atom is 0.0554 e. The van der Waals surface area contributed by atoms with Crippen molar-refractivity contribution in [3.8, 4) is 0 Å². The van der Waals surface area contributed by atoms with E-state index in [4.69, 9.17) is 0 Å². The molecule has 3 aromatic rings. The zero-order valence-electron chi connectivity index (χ0n) is 9.77. The minimum absolute atomic E-state index is 1.17. The zero-order chi connectivity index (χ0) is 11.9. The molecular weight excluding hydrogens is 220 g/mol. The monoisotopic (exact) mass is 232 g/mol. The fraction of sp³-hybridized carbons (Fsp3) is 0. The zero-order valence-corrected chi connectivity index (χ0v) is 9.77. The van der Waals surface area contributed by atoms with Crippen LogP contribution in [0.4, 0.5) is 5.69 Å². The third kappa shape index (κ3) is 1.23. The normalized spacial score (nSPS) is 13.6. The summed E-state index contributed by atoms with van der Waals surface area (Å²) in [7, 11) is 0. The third-order valence-corrected chi connectivity index (χ3v) is 3.41. The highest BCUT2D eigenvalue weighted by atomic mass is 14.9. The van der Waals surface area contributed by atoms with Crippen molar-refractivity contribution in [2.24, 2.45) is 0 Å². The highest BCUT2D eigenvalue weighted by molar-refractivity contribution is 6.15. The first kappa shape index (κ1) is 9.54. The van der Waals surface area contributed by atoms with Crippen molar-refractivity contribution in [1.82, 2.24) is 4.98 Å². The summed E-state index contributed by atoms with van der Waals surface area (Å²) >= 11 is 0. The Bertz CT molecular complexity index is 806. The van der Waals surface area contributed by atoms with Gasteiger partial charge in [-0.15, -0.1) is 0 Å². The Morgan fingerprint density at radius 3 is 2.78 bits per heavy atom. The predicted octanol–water partition coefficient (Wildman–Crippen LogP) is 4.27. The van der Waals surface area contributed by atoms with Crippen molar-refractivity contribution < 1.29 is 0 Å². The van der Waals surface area contributed by atoms with Crippen molar-refractivity contribution in [2.75, 3.05) is 5.32 Å². The van der Waals surface area contributed by atoms with Gasteiger partial charge in [0.25, 0.3) is 0 Å². The van der Waals surface area contributed by atoms with E-state index in [0.29, 0.717) is 0 Å². The average molecular weight is 232 g/mol. The Labute approximate surface area is 105 Å². The summed E-state index contributed by atoms with van der Waals surface area (Å²) in [4.78, 5) is 3.46. The summed E-state index contributed by atoms with van der Waals surface area (Å²) in [6, 6.07) is 12.7. The van der Waals surface area contributed by atoms with Crippen LogP contribution in [0, 0.1) is 0 Å². The van der Waals surface area contributed by atoms with Crippen LogP contribution in [0.2, 0.25) is 0 Å². The number of aromatic amines is 1. The number of allylic oxidation sites excluding steroid dienone is 2. The first-order valence-electron chi connectivity index (χ1n) is 6.07. The third-order valence-electron chi connectivity index (χ3n) is 3.41. The quantitative estimate of drug-likeness (QED) is 0.595. The van der Waals surface area contributed by atoms with Crippen LogP contribution in [0.3, 0.4) is 0 Å². The minimum atomic E-state index is 1.17. The molecule has 1 aliphatic rings. The maximum atomic E-state index is 3.46. The number of benzene rings is 2. The Hall–Kier alpha value is -2.48. The molecule has 0 saturated carbocycles. The standard InChI is InChI=1S/C16H12N2/c1-2-7-13-12(6-1)15-14(18-13)9-8-11-5-3-4-10-17-16(11)15/h1-10,17-18H. The topological polar surface area (TPSA) is 27.8 Å². The molecule has 2 heterocycles. The van der Waals surface area contributed by atoms with E-state index in [0.717, 1.165) is 0 Å². The van der Waals surface area contributed by atoms with Gasteiger partial charge in [0.05, 0.1) is 5.69 Å². The SMILES string of the molecule is C1=CNc2c(ccc3[nH]c4ccccc4c23)C=C1. The van der Waals surface area contributed by atoms with Crippen LogP contribution < -0.4 is 5.32 Å². The number of aromatic nitrogens is 1. The van der Waals surface area contributed by atoms with Gasteiger partial charge in [-0.05, 0) is 23.8 Å². The molecule has 0 radical (unpaired) electrons. The van der Waals surface area contributed by atoms with E-state index in [-0.39, 0.29) is 0 Å². The molecule has 2 nitrogen and oxygen atoms in total.